The third-order valence-corrected chi connectivity index (χ3v) is 4.89. The molecule has 164 valence electrons. The summed E-state index contributed by atoms with van der Waals surface area (Å²) >= 11 is 0. The topological polar surface area (TPSA) is 84.8 Å². The van der Waals surface area contributed by atoms with Gasteiger partial charge in [-0.15, -0.1) is 0 Å². The number of hydrogen-bond acceptors (Lipinski definition) is 8. The summed E-state index contributed by atoms with van der Waals surface area (Å²) < 4.78 is 37.9. The minimum atomic E-state index is -1.27. The number of hydrogen-bond donors (Lipinski definition) is 1. The number of methoxy groups -OCH3 is 4. The first-order valence-corrected chi connectivity index (χ1v) is 9.47. The summed E-state index contributed by atoms with van der Waals surface area (Å²) in [6.45, 7) is 0.227. The highest BCUT2D eigenvalue weighted by Crippen LogP contribution is 2.43. The maximum absolute atomic E-state index is 11.4. The van der Waals surface area contributed by atoms with Gasteiger partial charge in [0.15, 0.2) is 25.1 Å². The van der Waals surface area contributed by atoms with Crippen LogP contribution in [0.5, 0.6) is 23.0 Å². The van der Waals surface area contributed by atoms with Gasteiger partial charge >= 0.3 is 0 Å². The van der Waals surface area contributed by atoms with Gasteiger partial charge in [-0.05, 0) is 29.8 Å². The molecule has 0 radical (unpaired) electrons. The van der Waals surface area contributed by atoms with Crippen LogP contribution in [0.1, 0.15) is 17.2 Å². The van der Waals surface area contributed by atoms with Gasteiger partial charge in [-0.2, -0.15) is 0 Å². The smallest absolute Gasteiger partial charge is 0.188 e. The zero-order valence-electron chi connectivity index (χ0n) is 17.7. The first kappa shape index (κ1) is 22.2. The Bertz CT molecular complexity index is 840. The van der Waals surface area contributed by atoms with Crippen molar-refractivity contribution >= 4 is 0 Å². The van der Waals surface area contributed by atoms with E-state index in [1.165, 1.54) is 7.11 Å². The van der Waals surface area contributed by atoms with E-state index in [1.54, 1.807) is 39.5 Å². The van der Waals surface area contributed by atoms with E-state index >= 15 is 0 Å². The van der Waals surface area contributed by atoms with E-state index < -0.39 is 11.7 Å². The summed E-state index contributed by atoms with van der Waals surface area (Å²) in [4.78, 5) is 0. The fourth-order valence-electron chi connectivity index (χ4n) is 3.53. The van der Waals surface area contributed by atoms with Gasteiger partial charge in [0.2, 0.25) is 0 Å². The summed E-state index contributed by atoms with van der Waals surface area (Å²) in [7, 11) is 6.25. The molecule has 1 aliphatic heterocycles. The van der Waals surface area contributed by atoms with Crippen molar-refractivity contribution in [2.24, 2.45) is 0 Å². The molecule has 1 N–H and O–H groups in total. The highest BCUT2D eigenvalue weighted by Gasteiger charge is 2.44. The van der Waals surface area contributed by atoms with Crippen molar-refractivity contribution in [3.8, 4) is 23.0 Å². The van der Waals surface area contributed by atoms with Crippen LogP contribution in [0.3, 0.4) is 0 Å². The molecule has 2 aromatic rings. The minimum absolute atomic E-state index is 0.0656. The van der Waals surface area contributed by atoms with E-state index in [0.717, 1.165) is 11.1 Å². The van der Waals surface area contributed by atoms with Gasteiger partial charge < -0.3 is 38.3 Å². The summed E-state index contributed by atoms with van der Waals surface area (Å²) in [6, 6.07) is 10.9. The van der Waals surface area contributed by atoms with Gasteiger partial charge in [0.05, 0.1) is 7.11 Å². The second kappa shape index (κ2) is 9.99. The molecule has 0 amide bonds. The Balaban J connectivity index is 1.86. The minimum Gasteiger partial charge on any atom is -0.497 e. The molecule has 0 unspecified atom stereocenters. The maximum atomic E-state index is 11.4. The van der Waals surface area contributed by atoms with Crippen LogP contribution in [-0.4, -0.2) is 59.3 Å². The highest BCUT2D eigenvalue weighted by molar-refractivity contribution is 5.46. The molecule has 0 saturated carbocycles. The van der Waals surface area contributed by atoms with Gasteiger partial charge in [0, 0.05) is 39.4 Å². The lowest BCUT2D eigenvalue weighted by Crippen LogP contribution is -2.48. The number of aliphatic hydroxyl groups is 1. The number of fused-ring (bicyclic) bond motifs is 1. The van der Waals surface area contributed by atoms with Gasteiger partial charge in [0.25, 0.3) is 0 Å². The fourth-order valence-corrected chi connectivity index (χ4v) is 3.53. The summed E-state index contributed by atoms with van der Waals surface area (Å²) in [5, 5.41) is 11.4. The summed E-state index contributed by atoms with van der Waals surface area (Å²) in [5.41, 5.74) is 0.322. The van der Waals surface area contributed by atoms with Crippen LogP contribution in [0.2, 0.25) is 0 Å². The molecule has 0 aromatic heterocycles. The van der Waals surface area contributed by atoms with Crippen LogP contribution >= 0.6 is 0 Å². The van der Waals surface area contributed by atoms with E-state index in [0.29, 0.717) is 23.0 Å². The van der Waals surface area contributed by atoms with E-state index in [4.69, 9.17) is 33.2 Å². The Morgan fingerprint density at radius 2 is 1.70 bits per heavy atom. The lowest BCUT2D eigenvalue weighted by atomic mass is 9.83. The molecule has 0 spiro atoms. The van der Waals surface area contributed by atoms with E-state index in [-0.39, 0.29) is 26.6 Å². The molecule has 0 saturated heterocycles. The molecule has 0 aliphatic carbocycles. The Morgan fingerprint density at radius 3 is 2.37 bits per heavy atom. The molecule has 30 heavy (non-hydrogen) atoms. The lowest BCUT2D eigenvalue weighted by molar-refractivity contribution is -0.129. The highest BCUT2D eigenvalue weighted by atomic mass is 16.7. The van der Waals surface area contributed by atoms with Crippen LogP contribution in [0.15, 0.2) is 36.4 Å². The molecular formula is C22H28O8. The Hall–Kier alpha value is -2.52. The third kappa shape index (κ3) is 4.79. The average Bonchev–Trinajstić information content (AvgIpc) is 2.76. The Labute approximate surface area is 176 Å². The van der Waals surface area contributed by atoms with Crippen molar-refractivity contribution in [1.82, 2.24) is 0 Å². The van der Waals surface area contributed by atoms with E-state index in [1.807, 2.05) is 18.2 Å². The molecule has 0 bridgehead atoms. The van der Waals surface area contributed by atoms with Crippen molar-refractivity contribution < 1.29 is 38.3 Å². The van der Waals surface area contributed by atoms with Gasteiger partial charge in [-0.3, -0.25) is 0 Å². The molecule has 1 heterocycles. The van der Waals surface area contributed by atoms with Gasteiger partial charge in [-0.1, -0.05) is 6.07 Å². The monoisotopic (exact) mass is 420 g/mol. The van der Waals surface area contributed by atoms with Crippen molar-refractivity contribution in [2.45, 2.75) is 18.1 Å². The number of ether oxygens (including phenoxy) is 7. The summed E-state index contributed by atoms with van der Waals surface area (Å²) in [5.74, 6) is 2.33. The van der Waals surface area contributed by atoms with Crippen LogP contribution in [0.25, 0.3) is 0 Å². The zero-order chi connectivity index (χ0) is 21.6. The molecule has 8 heteroatoms. The van der Waals surface area contributed by atoms with E-state index in [2.05, 4.69) is 0 Å². The van der Waals surface area contributed by atoms with Crippen LogP contribution in [-0.2, 0) is 20.6 Å². The SMILES string of the molecule is COCOc1ccc(C[C@@]2(O)COc3cc(OC)ccc3[C@H]2OC)cc1OCOC. The Morgan fingerprint density at radius 1 is 0.967 bits per heavy atom. The van der Waals surface area contributed by atoms with Crippen molar-refractivity contribution in [1.29, 1.82) is 0 Å². The zero-order valence-corrected chi connectivity index (χ0v) is 17.7. The lowest BCUT2D eigenvalue weighted by Gasteiger charge is -2.40. The predicted molar refractivity (Wildman–Crippen MR) is 108 cm³/mol. The number of benzene rings is 2. The van der Waals surface area contributed by atoms with Crippen LogP contribution in [0.4, 0.5) is 0 Å². The second-order valence-corrected chi connectivity index (χ2v) is 6.97. The molecule has 2 aromatic carbocycles. The van der Waals surface area contributed by atoms with E-state index in [9.17, 15) is 5.11 Å². The molecule has 3 rings (SSSR count). The standard InChI is InChI=1S/C22H28O8/c1-24-13-29-18-8-5-15(9-20(18)30-14-25-2)11-22(23)12-28-19-10-16(26-3)6-7-17(19)21(22)27-4/h5-10,21,23H,11-14H2,1-4H3/t21-,22-/m1/s1. The maximum Gasteiger partial charge on any atom is 0.188 e. The molecule has 8 nitrogen and oxygen atoms in total. The summed E-state index contributed by atoms with van der Waals surface area (Å²) in [6.07, 6.45) is -0.287. The van der Waals surface area contributed by atoms with Crippen molar-refractivity contribution in [3.05, 3.63) is 47.5 Å². The first-order chi connectivity index (χ1) is 14.5. The van der Waals surface area contributed by atoms with Gasteiger partial charge in [0.1, 0.15) is 29.8 Å². The fraction of sp³-hybridized carbons (Fsp3) is 0.455. The van der Waals surface area contributed by atoms with Crippen LogP contribution < -0.4 is 18.9 Å². The molecule has 1 aliphatic rings. The second-order valence-electron chi connectivity index (χ2n) is 6.97. The predicted octanol–water partition coefficient (Wildman–Crippen LogP) is 2.71. The third-order valence-electron chi connectivity index (χ3n) is 4.89. The van der Waals surface area contributed by atoms with Crippen molar-refractivity contribution in [2.75, 3.05) is 48.6 Å². The Kier molecular flexibility index (Phi) is 7.38. The molecule has 0 fully saturated rings. The average molecular weight is 420 g/mol. The molecular weight excluding hydrogens is 392 g/mol. The van der Waals surface area contributed by atoms with Gasteiger partial charge in [-0.25, -0.2) is 0 Å². The molecule has 2 atom stereocenters. The first-order valence-electron chi connectivity index (χ1n) is 9.47. The largest absolute Gasteiger partial charge is 0.497 e. The quantitative estimate of drug-likeness (QED) is 0.588. The van der Waals surface area contributed by atoms with Crippen molar-refractivity contribution in [3.63, 3.8) is 0 Å². The van der Waals surface area contributed by atoms with Crippen LogP contribution in [0, 0.1) is 0 Å². The normalized spacial score (nSPS) is 20.2. The number of rotatable bonds is 10.